The van der Waals surface area contributed by atoms with Gasteiger partial charge in [-0.1, -0.05) is 17.7 Å². The highest BCUT2D eigenvalue weighted by molar-refractivity contribution is 6.31. The fourth-order valence-corrected chi connectivity index (χ4v) is 2.78. The summed E-state index contributed by atoms with van der Waals surface area (Å²) in [5.41, 5.74) is 1.62. The molecule has 9 heteroatoms. The molecule has 6 nitrogen and oxygen atoms in total. The average Bonchev–Trinajstić information content (AvgIpc) is 2.68. The van der Waals surface area contributed by atoms with Crippen LogP contribution in [0.5, 0.6) is 5.75 Å². The highest BCUT2D eigenvalue weighted by atomic mass is 35.5. The maximum atomic E-state index is 12.5. The van der Waals surface area contributed by atoms with E-state index in [9.17, 15) is 8.78 Å². The van der Waals surface area contributed by atoms with E-state index in [4.69, 9.17) is 11.6 Å². The summed E-state index contributed by atoms with van der Waals surface area (Å²) in [6.07, 6.45) is 4.64. The van der Waals surface area contributed by atoms with E-state index in [0.29, 0.717) is 38.9 Å². The first-order valence-electron chi connectivity index (χ1n) is 8.14. The Bertz CT molecular complexity index is 1130. The lowest BCUT2D eigenvalue weighted by Gasteiger charge is -2.12. The molecule has 0 unspecified atom stereocenters. The van der Waals surface area contributed by atoms with E-state index in [1.165, 1.54) is 12.1 Å². The van der Waals surface area contributed by atoms with Crippen LogP contribution in [0.3, 0.4) is 0 Å². The van der Waals surface area contributed by atoms with Crippen LogP contribution in [0.25, 0.3) is 22.4 Å². The second kappa shape index (κ2) is 7.69. The molecule has 140 valence electrons. The van der Waals surface area contributed by atoms with Crippen LogP contribution in [0.2, 0.25) is 5.02 Å². The van der Waals surface area contributed by atoms with Crippen molar-refractivity contribution < 1.29 is 13.5 Å². The Hall–Kier alpha value is -3.39. The zero-order chi connectivity index (χ0) is 19.5. The van der Waals surface area contributed by atoms with E-state index in [-0.39, 0.29) is 5.75 Å². The van der Waals surface area contributed by atoms with E-state index in [2.05, 4.69) is 30.0 Å². The molecule has 4 rings (SSSR count). The Balaban J connectivity index is 1.79. The number of aromatic nitrogens is 4. The third-order valence-corrected chi connectivity index (χ3v) is 4.01. The van der Waals surface area contributed by atoms with E-state index >= 15 is 0 Å². The summed E-state index contributed by atoms with van der Waals surface area (Å²) < 4.78 is 29.4. The van der Waals surface area contributed by atoms with Gasteiger partial charge >= 0.3 is 6.61 Å². The van der Waals surface area contributed by atoms with Crippen molar-refractivity contribution in [2.24, 2.45) is 0 Å². The van der Waals surface area contributed by atoms with Crippen molar-refractivity contribution in [1.82, 2.24) is 19.9 Å². The molecule has 0 aliphatic rings. The first-order chi connectivity index (χ1) is 13.6. The number of alkyl halides is 2. The molecule has 0 radical (unpaired) electrons. The van der Waals surface area contributed by atoms with E-state index in [1.807, 2.05) is 0 Å². The topological polar surface area (TPSA) is 72.8 Å². The largest absolute Gasteiger partial charge is 0.435 e. The normalized spacial score (nSPS) is 11.0. The summed E-state index contributed by atoms with van der Waals surface area (Å²) in [5, 5.41) is 4.35. The minimum absolute atomic E-state index is 0.0376. The third kappa shape index (κ3) is 3.96. The molecule has 2 heterocycles. The minimum atomic E-state index is -2.90. The monoisotopic (exact) mass is 399 g/mol. The van der Waals surface area contributed by atoms with Crippen molar-refractivity contribution in [2.75, 3.05) is 5.32 Å². The number of nitrogens with one attached hydrogen (secondary N) is 1. The van der Waals surface area contributed by atoms with Gasteiger partial charge in [0, 0.05) is 34.6 Å². The van der Waals surface area contributed by atoms with Crippen molar-refractivity contribution in [3.8, 4) is 17.3 Å². The lowest BCUT2D eigenvalue weighted by Crippen LogP contribution is -2.03. The lowest BCUT2D eigenvalue weighted by atomic mass is 10.2. The molecule has 0 aliphatic carbocycles. The molecule has 0 saturated heterocycles. The van der Waals surface area contributed by atoms with Gasteiger partial charge in [-0.2, -0.15) is 8.78 Å². The molecule has 0 spiro atoms. The predicted molar refractivity (Wildman–Crippen MR) is 102 cm³/mol. The summed E-state index contributed by atoms with van der Waals surface area (Å²) in [6, 6.07) is 11.4. The van der Waals surface area contributed by atoms with E-state index < -0.39 is 6.61 Å². The van der Waals surface area contributed by atoms with E-state index in [0.717, 1.165) is 0 Å². The maximum Gasteiger partial charge on any atom is 0.387 e. The highest BCUT2D eigenvalue weighted by Gasteiger charge is 2.12. The number of rotatable bonds is 5. The van der Waals surface area contributed by atoms with Crippen LogP contribution in [-0.2, 0) is 0 Å². The van der Waals surface area contributed by atoms with Gasteiger partial charge in [-0.15, -0.1) is 0 Å². The fraction of sp³-hybridized carbons (Fsp3) is 0.0526. The number of halogens is 3. The predicted octanol–water partition coefficient (Wildman–Crippen LogP) is 5.09. The van der Waals surface area contributed by atoms with Crippen molar-refractivity contribution in [1.29, 1.82) is 0 Å². The van der Waals surface area contributed by atoms with Gasteiger partial charge in [0.2, 0.25) is 0 Å². The zero-order valence-corrected chi connectivity index (χ0v) is 14.9. The van der Waals surface area contributed by atoms with Gasteiger partial charge in [0.15, 0.2) is 5.82 Å². The maximum absolute atomic E-state index is 12.5. The average molecular weight is 400 g/mol. The van der Waals surface area contributed by atoms with Crippen LogP contribution in [0, 0.1) is 0 Å². The molecule has 2 aromatic carbocycles. The Morgan fingerprint density at radius 3 is 2.71 bits per heavy atom. The molecular formula is C19H12ClF2N5O. The van der Waals surface area contributed by atoms with Crippen molar-refractivity contribution in [2.45, 2.75) is 6.61 Å². The molecule has 1 N–H and O–H groups in total. The molecule has 0 fully saturated rings. The number of hydrogen-bond acceptors (Lipinski definition) is 6. The van der Waals surface area contributed by atoms with Crippen LogP contribution in [-0.4, -0.2) is 26.5 Å². The molecule has 0 saturated carbocycles. The Labute approximate surface area is 163 Å². The number of hydrogen-bond donors (Lipinski definition) is 1. The summed E-state index contributed by atoms with van der Waals surface area (Å²) >= 11 is 6.10. The summed E-state index contributed by atoms with van der Waals surface area (Å²) in [4.78, 5) is 17.3. The number of ether oxygens (including phenoxy) is 1. The summed E-state index contributed by atoms with van der Waals surface area (Å²) in [6.45, 7) is -2.90. The van der Waals surface area contributed by atoms with Crippen LogP contribution in [0.4, 0.5) is 20.3 Å². The zero-order valence-electron chi connectivity index (χ0n) is 14.2. The molecule has 0 aliphatic heterocycles. The first kappa shape index (κ1) is 18.0. The Morgan fingerprint density at radius 1 is 1.04 bits per heavy atom. The molecule has 0 amide bonds. The van der Waals surface area contributed by atoms with Gasteiger partial charge in [0.05, 0.1) is 11.7 Å². The van der Waals surface area contributed by atoms with Crippen molar-refractivity contribution >= 4 is 34.0 Å². The molecule has 0 bridgehead atoms. The summed E-state index contributed by atoms with van der Waals surface area (Å²) in [5.74, 6) is 0.859. The van der Waals surface area contributed by atoms with Gasteiger partial charge in [-0.05, 0) is 30.3 Å². The Kier molecular flexibility index (Phi) is 4.94. The molecular weight excluding hydrogens is 388 g/mol. The van der Waals surface area contributed by atoms with Crippen LogP contribution < -0.4 is 10.1 Å². The second-order valence-electron chi connectivity index (χ2n) is 5.68. The van der Waals surface area contributed by atoms with Crippen LogP contribution in [0.15, 0.2) is 61.1 Å². The number of anilines is 2. The van der Waals surface area contributed by atoms with E-state index in [1.54, 1.807) is 48.9 Å². The Morgan fingerprint density at radius 2 is 1.93 bits per heavy atom. The van der Waals surface area contributed by atoms with Crippen LogP contribution >= 0.6 is 11.6 Å². The number of fused-ring (bicyclic) bond motifs is 1. The van der Waals surface area contributed by atoms with Crippen molar-refractivity contribution in [3.63, 3.8) is 0 Å². The molecule has 28 heavy (non-hydrogen) atoms. The minimum Gasteiger partial charge on any atom is -0.435 e. The summed E-state index contributed by atoms with van der Waals surface area (Å²) in [7, 11) is 0. The fourth-order valence-electron chi connectivity index (χ4n) is 2.61. The van der Waals surface area contributed by atoms with Gasteiger partial charge in [0.25, 0.3) is 0 Å². The quantitative estimate of drug-likeness (QED) is 0.504. The van der Waals surface area contributed by atoms with Gasteiger partial charge in [0.1, 0.15) is 17.3 Å². The first-order valence-corrected chi connectivity index (χ1v) is 8.52. The number of benzene rings is 2. The second-order valence-corrected chi connectivity index (χ2v) is 6.12. The van der Waals surface area contributed by atoms with Gasteiger partial charge in [-0.3, -0.25) is 4.98 Å². The highest BCUT2D eigenvalue weighted by Crippen LogP contribution is 2.29. The standard InChI is InChI=1S/C19H12ClF2N5O/c20-11-4-5-14-15(8-11)26-18(16-10-23-6-7-24-16)27-17(14)25-12-2-1-3-13(9-12)28-19(21)22/h1-10,19H,(H,25,26,27). The molecule has 0 atom stereocenters. The smallest absolute Gasteiger partial charge is 0.387 e. The molecule has 4 aromatic rings. The number of nitrogens with zero attached hydrogens (tertiary/aromatic N) is 4. The van der Waals surface area contributed by atoms with Crippen molar-refractivity contribution in [3.05, 3.63) is 66.1 Å². The molecule has 2 aromatic heterocycles. The SMILES string of the molecule is FC(F)Oc1cccc(Nc2nc(-c3cnccn3)nc3cc(Cl)ccc23)c1. The van der Waals surface area contributed by atoms with Gasteiger partial charge in [-0.25, -0.2) is 15.0 Å². The third-order valence-electron chi connectivity index (χ3n) is 3.77. The van der Waals surface area contributed by atoms with Crippen LogP contribution in [0.1, 0.15) is 0 Å². The van der Waals surface area contributed by atoms with Gasteiger partial charge < -0.3 is 10.1 Å². The lowest BCUT2D eigenvalue weighted by molar-refractivity contribution is -0.0497.